The van der Waals surface area contributed by atoms with E-state index >= 15 is 0 Å². The molecule has 2 atom stereocenters. The first-order valence-electron chi connectivity index (χ1n) is 11.4. The van der Waals surface area contributed by atoms with Gasteiger partial charge in [0.25, 0.3) is 0 Å². The zero-order valence-corrected chi connectivity index (χ0v) is 19.0. The third kappa shape index (κ3) is 4.26. The fourth-order valence-electron chi connectivity index (χ4n) is 5.21. The molecule has 7 nitrogen and oxygen atoms in total. The highest BCUT2D eigenvalue weighted by atomic mass is 19.1. The second kappa shape index (κ2) is 9.58. The fraction of sp³-hybridized carbons (Fsp3) is 0.583. The van der Waals surface area contributed by atoms with Gasteiger partial charge in [0.05, 0.1) is 25.9 Å². The summed E-state index contributed by atoms with van der Waals surface area (Å²) in [7, 11) is 1.53. The van der Waals surface area contributed by atoms with Crippen molar-refractivity contribution in [3.63, 3.8) is 0 Å². The van der Waals surface area contributed by atoms with E-state index in [1.807, 2.05) is 13.8 Å². The number of ether oxygens (including phenoxy) is 3. The average molecular weight is 446 g/mol. The number of hydrogen-bond donors (Lipinski definition) is 1. The fourth-order valence-corrected chi connectivity index (χ4v) is 5.21. The Balaban J connectivity index is 1.60. The molecule has 1 aliphatic carbocycles. The molecule has 1 saturated carbocycles. The number of aromatic nitrogens is 2. The number of piperidine rings is 1. The van der Waals surface area contributed by atoms with Crippen LogP contribution in [0.1, 0.15) is 44.2 Å². The van der Waals surface area contributed by atoms with Gasteiger partial charge in [-0.3, -0.25) is 4.90 Å². The smallest absolute Gasteiger partial charge is 0.319 e. The van der Waals surface area contributed by atoms with Gasteiger partial charge in [0.2, 0.25) is 5.88 Å². The van der Waals surface area contributed by atoms with Crippen LogP contribution in [0.2, 0.25) is 0 Å². The van der Waals surface area contributed by atoms with Crippen molar-refractivity contribution in [2.45, 2.75) is 45.3 Å². The predicted octanol–water partition coefficient (Wildman–Crippen LogP) is 3.54. The number of fused-ring (bicyclic) bond motifs is 2. The number of likely N-dealkylation sites (tertiary alicyclic amines) is 1. The number of rotatable bonds is 8. The van der Waals surface area contributed by atoms with Gasteiger partial charge in [0.1, 0.15) is 17.2 Å². The van der Waals surface area contributed by atoms with Crippen LogP contribution in [-0.4, -0.2) is 53.4 Å². The molecule has 1 aromatic heterocycles. The van der Waals surface area contributed by atoms with Gasteiger partial charge in [-0.1, -0.05) is 12.5 Å². The van der Waals surface area contributed by atoms with E-state index in [-0.39, 0.29) is 23.7 Å². The highest BCUT2D eigenvalue weighted by Gasteiger charge is 2.53. The quantitative estimate of drug-likeness (QED) is 0.666. The molecule has 1 aliphatic heterocycles. The number of nitrogens with zero attached hydrogens (tertiary/aromatic N) is 3. The lowest BCUT2D eigenvalue weighted by Crippen LogP contribution is -2.58. The molecule has 0 spiro atoms. The van der Waals surface area contributed by atoms with E-state index < -0.39 is 5.60 Å². The lowest BCUT2D eigenvalue weighted by Gasteiger charge is -2.53. The summed E-state index contributed by atoms with van der Waals surface area (Å²) >= 11 is 0. The van der Waals surface area contributed by atoms with Crippen LogP contribution in [-0.2, 0) is 12.1 Å². The van der Waals surface area contributed by atoms with E-state index in [2.05, 4.69) is 14.9 Å². The molecule has 2 aliphatic rings. The summed E-state index contributed by atoms with van der Waals surface area (Å²) < 4.78 is 30.9. The summed E-state index contributed by atoms with van der Waals surface area (Å²) in [6.07, 6.45) is 4.48. The van der Waals surface area contributed by atoms with Crippen LogP contribution >= 0.6 is 0 Å². The van der Waals surface area contributed by atoms with Gasteiger partial charge in [-0.2, -0.15) is 4.98 Å². The van der Waals surface area contributed by atoms with E-state index in [0.29, 0.717) is 55.6 Å². The van der Waals surface area contributed by atoms with Gasteiger partial charge >= 0.3 is 6.01 Å². The second-order valence-electron chi connectivity index (χ2n) is 8.54. The SMILES string of the molecule is CCOc1ncc(C2(O)[C@@H]3CCC[C@@H]2CN(Cc2ccc(OC)cc2F)C3)c(OCC)n1. The second-order valence-corrected chi connectivity index (χ2v) is 8.54. The third-order valence-corrected chi connectivity index (χ3v) is 6.68. The van der Waals surface area contributed by atoms with Crippen molar-refractivity contribution in [1.82, 2.24) is 14.9 Å². The van der Waals surface area contributed by atoms with E-state index in [1.54, 1.807) is 18.3 Å². The number of halogens is 1. The van der Waals surface area contributed by atoms with Gasteiger partial charge in [-0.05, 0) is 32.8 Å². The zero-order chi connectivity index (χ0) is 22.7. The molecular formula is C24H32FN3O4. The maximum absolute atomic E-state index is 14.5. The van der Waals surface area contributed by atoms with E-state index in [4.69, 9.17) is 14.2 Å². The molecule has 1 N–H and O–H groups in total. The molecule has 32 heavy (non-hydrogen) atoms. The minimum Gasteiger partial charge on any atom is -0.497 e. The van der Waals surface area contributed by atoms with Gasteiger partial charge < -0.3 is 19.3 Å². The Hall–Kier alpha value is -2.45. The predicted molar refractivity (Wildman–Crippen MR) is 117 cm³/mol. The lowest BCUT2D eigenvalue weighted by molar-refractivity contribution is -0.150. The monoisotopic (exact) mass is 445 g/mol. The Bertz CT molecular complexity index is 927. The van der Waals surface area contributed by atoms with Crippen LogP contribution in [0.25, 0.3) is 0 Å². The Kier molecular flexibility index (Phi) is 6.81. The summed E-state index contributed by atoms with van der Waals surface area (Å²) in [5, 5.41) is 12.0. The highest BCUT2D eigenvalue weighted by Crippen LogP contribution is 2.51. The summed E-state index contributed by atoms with van der Waals surface area (Å²) in [5.74, 6) is 0.595. The standard InChI is InChI=1S/C24H32FN3O4/c1-4-31-22-20(12-26-23(27-22)32-5-2)24(29)17-7-6-8-18(24)15-28(14-17)13-16-9-10-19(30-3)11-21(16)25/h9-12,17-18,29H,4-8,13-15H2,1-3H3/t17-,18-/m1/s1. The van der Waals surface area contributed by atoms with Gasteiger partial charge in [0.15, 0.2) is 0 Å². The molecule has 0 unspecified atom stereocenters. The summed E-state index contributed by atoms with van der Waals surface area (Å²) in [5.41, 5.74) is 0.184. The Morgan fingerprint density at radius 1 is 1.16 bits per heavy atom. The van der Waals surface area contributed by atoms with Crippen molar-refractivity contribution in [3.8, 4) is 17.6 Å². The number of aliphatic hydroxyl groups is 1. The van der Waals surface area contributed by atoms with Crippen molar-refractivity contribution in [3.05, 3.63) is 41.3 Å². The summed E-state index contributed by atoms with van der Waals surface area (Å²) in [6, 6.07) is 5.23. The molecule has 174 valence electrons. The summed E-state index contributed by atoms with van der Waals surface area (Å²) in [6.45, 7) is 6.48. The minimum absolute atomic E-state index is 0.0166. The molecule has 1 saturated heterocycles. The van der Waals surface area contributed by atoms with Gasteiger partial charge in [-0.25, -0.2) is 9.37 Å². The first-order chi connectivity index (χ1) is 15.5. The number of benzene rings is 1. The number of hydrogen-bond acceptors (Lipinski definition) is 7. The molecule has 2 fully saturated rings. The van der Waals surface area contributed by atoms with Crippen molar-refractivity contribution < 1.29 is 23.7 Å². The zero-order valence-electron chi connectivity index (χ0n) is 19.0. The molecule has 4 rings (SSSR count). The molecule has 0 radical (unpaired) electrons. The molecule has 1 aromatic carbocycles. The van der Waals surface area contributed by atoms with Crippen molar-refractivity contribution in [2.24, 2.45) is 11.8 Å². The number of methoxy groups -OCH3 is 1. The van der Waals surface area contributed by atoms with Crippen LogP contribution in [0, 0.1) is 17.7 Å². The Morgan fingerprint density at radius 2 is 1.88 bits per heavy atom. The van der Waals surface area contributed by atoms with Crippen molar-refractivity contribution in [2.75, 3.05) is 33.4 Å². The van der Waals surface area contributed by atoms with E-state index in [1.165, 1.54) is 13.2 Å². The van der Waals surface area contributed by atoms with Crippen LogP contribution in [0.15, 0.2) is 24.4 Å². The molecule has 8 heteroatoms. The molecule has 2 bridgehead atoms. The highest BCUT2D eigenvalue weighted by molar-refractivity contribution is 5.35. The summed E-state index contributed by atoms with van der Waals surface area (Å²) in [4.78, 5) is 11.0. The van der Waals surface area contributed by atoms with Crippen LogP contribution in [0.4, 0.5) is 4.39 Å². The lowest BCUT2D eigenvalue weighted by atomic mass is 9.63. The van der Waals surface area contributed by atoms with E-state index in [0.717, 1.165) is 19.3 Å². The normalized spacial score (nSPS) is 25.4. The Labute approximate surface area is 188 Å². The molecule has 2 aromatic rings. The first kappa shape index (κ1) is 22.7. The van der Waals surface area contributed by atoms with Crippen LogP contribution in [0.5, 0.6) is 17.6 Å². The Morgan fingerprint density at radius 3 is 2.50 bits per heavy atom. The molecule has 0 amide bonds. The van der Waals surface area contributed by atoms with Gasteiger partial charge in [0, 0.05) is 49.3 Å². The largest absolute Gasteiger partial charge is 0.497 e. The first-order valence-corrected chi connectivity index (χ1v) is 11.4. The minimum atomic E-state index is -1.08. The van der Waals surface area contributed by atoms with Crippen LogP contribution in [0.3, 0.4) is 0 Å². The topological polar surface area (TPSA) is 76.9 Å². The molecular weight excluding hydrogens is 413 g/mol. The third-order valence-electron chi connectivity index (χ3n) is 6.68. The van der Waals surface area contributed by atoms with Crippen LogP contribution < -0.4 is 14.2 Å². The average Bonchev–Trinajstić information content (AvgIpc) is 2.76. The van der Waals surface area contributed by atoms with Crippen molar-refractivity contribution in [1.29, 1.82) is 0 Å². The van der Waals surface area contributed by atoms with E-state index in [9.17, 15) is 9.50 Å². The van der Waals surface area contributed by atoms with Gasteiger partial charge in [-0.15, -0.1) is 0 Å². The maximum atomic E-state index is 14.5. The molecule has 2 heterocycles. The van der Waals surface area contributed by atoms with Crippen molar-refractivity contribution >= 4 is 0 Å². The maximum Gasteiger partial charge on any atom is 0.319 e.